The maximum Gasteiger partial charge on any atom is 0.120 e. The van der Waals surface area contributed by atoms with Crippen LogP contribution in [0.5, 0.6) is 5.75 Å². The summed E-state index contributed by atoms with van der Waals surface area (Å²) >= 11 is 1.81. The topological polar surface area (TPSA) is 12.5 Å². The van der Waals surface area contributed by atoms with Crippen LogP contribution in [0.1, 0.15) is 18.1 Å². The van der Waals surface area contributed by atoms with Gasteiger partial charge in [0.25, 0.3) is 0 Å². The van der Waals surface area contributed by atoms with E-state index in [1.807, 2.05) is 17.4 Å². The van der Waals surface area contributed by atoms with E-state index < -0.39 is 0 Å². The van der Waals surface area contributed by atoms with Crippen LogP contribution in [-0.4, -0.2) is 14.2 Å². The number of benzene rings is 2. The van der Waals surface area contributed by atoms with Gasteiger partial charge < -0.3 is 9.64 Å². The predicted octanol–water partition coefficient (Wildman–Crippen LogP) is 5.14. The van der Waals surface area contributed by atoms with E-state index in [-0.39, 0.29) is 5.54 Å². The van der Waals surface area contributed by atoms with Crippen molar-refractivity contribution in [2.24, 2.45) is 0 Å². The van der Waals surface area contributed by atoms with Crippen molar-refractivity contribution < 1.29 is 4.74 Å². The molecule has 116 valence electrons. The van der Waals surface area contributed by atoms with Crippen molar-refractivity contribution in [2.75, 3.05) is 19.1 Å². The summed E-state index contributed by atoms with van der Waals surface area (Å²) in [4.78, 5) is 3.72. The van der Waals surface area contributed by atoms with Gasteiger partial charge in [0, 0.05) is 34.8 Å². The molecule has 0 amide bonds. The third-order valence-electron chi connectivity index (χ3n) is 5.01. The molecule has 2 aromatic carbocycles. The molecule has 23 heavy (non-hydrogen) atoms. The van der Waals surface area contributed by atoms with Crippen molar-refractivity contribution in [2.45, 2.75) is 12.5 Å². The molecule has 0 spiro atoms. The van der Waals surface area contributed by atoms with Gasteiger partial charge in [0.2, 0.25) is 0 Å². The van der Waals surface area contributed by atoms with Crippen LogP contribution >= 0.6 is 11.3 Å². The summed E-state index contributed by atoms with van der Waals surface area (Å²) in [5, 5.41) is 2.19. The van der Waals surface area contributed by atoms with Crippen molar-refractivity contribution in [3.63, 3.8) is 0 Å². The molecule has 1 atom stereocenters. The van der Waals surface area contributed by atoms with E-state index in [4.69, 9.17) is 4.74 Å². The highest BCUT2D eigenvalue weighted by Crippen LogP contribution is 2.52. The molecule has 2 heterocycles. The van der Waals surface area contributed by atoms with Gasteiger partial charge in [0.05, 0.1) is 12.6 Å². The Hall–Kier alpha value is -2.26. The highest BCUT2D eigenvalue weighted by atomic mass is 32.1. The van der Waals surface area contributed by atoms with Crippen LogP contribution in [0.2, 0.25) is 0 Å². The summed E-state index contributed by atoms with van der Waals surface area (Å²) in [7, 11) is 3.89. The lowest BCUT2D eigenvalue weighted by molar-refractivity contribution is 0.414. The van der Waals surface area contributed by atoms with Gasteiger partial charge in [-0.2, -0.15) is 0 Å². The number of hydrogen-bond donors (Lipinski definition) is 0. The first-order valence-corrected chi connectivity index (χ1v) is 8.60. The van der Waals surface area contributed by atoms with Crippen LogP contribution < -0.4 is 9.64 Å². The lowest BCUT2D eigenvalue weighted by Crippen LogP contribution is -2.44. The Bertz CT molecular complexity index is 855. The minimum absolute atomic E-state index is 0.185. The molecule has 1 aromatic heterocycles. The molecule has 4 rings (SSSR count). The molecule has 1 aliphatic heterocycles. The normalized spacial score (nSPS) is 19.2. The first-order valence-electron chi connectivity index (χ1n) is 7.72. The Kier molecular flexibility index (Phi) is 3.20. The van der Waals surface area contributed by atoms with Crippen molar-refractivity contribution >= 4 is 17.0 Å². The molecule has 1 unspecified atom stereocenters. The van der Waals surface area contributed by atoms with Crippen molar-refractivity contribution in [3.05, 3.63) is 71.1 Å². The fourth-order valence-corrected chi connectivity index (χ4v) is 4.58. The van der Waals surface area contributed by atoms with E-state index in [2.05, 4.69) is 72.8 Å². The monoisotopic (exact) mass is 321 g/mol. The second-order valence-electron chi connectivity index (χ2n) is 6.04. The minimum Gasteiger partial charge on any atom is -0.497 e. The van der Waals surface area contributed by atoms with E-state index in [0.29, 0.717) is 0 Å². The van der Waals surface area contributed by atoms with Crippen LogP contribution in [0, 0.1) is 0 Å². The van der Waals surface area contributed by atoms with Crippen LogP contribution in [0.15, 0.2) is 60.0 Å². The van der Waals surface area contributed by atoms with Crippen molar-refractivity contribution in [3.8, 4) is 16.2 Å². The van der Waals surface area contributed by atoms with E-state index in [1.54, 1.807) is 7.11 Å². The van der Waals surface area contributed by atoms with Crippen LogP contribution in [-0.2, 0) is 5.54 Å². The molecule has 3 heteroatoms. The summed E-state index contributed by atoms with van der Waals surface area (Å²) in [5.41, 5.74) is 4.98. The first kappa shape index (κ1) is 14.3. The number of methoxy groups -OCH3 is 1. The summed E-state index contributed by atoms with van der Waals surface area (Å²) < 4.78 is 5.45. The van der Waals surface area contributed by atoms with Gasteiger partial charge in [0.1, 0.15) is 5.75 Å². The molecular formula is C20H19NOS. The third-order valence-corrected chi connectivity index (χ3v) is 5.95. The Labute approximate surface area is 141 Å². The largest absolute Gasteiger partial charge is 0.497 e. The summed E-state index contributed by atoms with van der Waals surface area (Å²) in [5.74, 6) is 0.894. The fraction of sp³-hybridized carbons (Fsp3) is 0.200. The van der Waals surface area contributed by atoms with Crippen molar-refractivity contribution in [1.82, 2.24) is 0 Å². The smallest absolute Gasteiger partial charge is 0.120 e. The van der Waals surface area contributed by atoms with E-state index in [9.17, 15) is 0 Å². The number of rotatable bonds is 2. The zero-order chi connectivity index (χ0) is 16.0. The maximum absolute atomic E-state index is 5.45. The molecule has 0 saturated heterocycles. The number of fused-ring (bicyclic) bond motifs is 3. The van der Waals surface area contributed by atoms with Gasteiger partial charge in [-0.1, -0.05) is 30.3 Å². The van der Waals surface area contributed by atoms with Gasteiger partial charge in [0.15, 0.2) is 0 Å². The van der Waals surface area contributed by atoms with Gasteiger partial charge in [-0.15, -0.1) is 11.3 Å². The lowest BCUT2D eigenvalue weighted by atomic mass is 9.79. The van der Waals surface area contributed by atoms with Gasteiger partial charge in [-0.3, -0.25) is 0 Å². The minimum atomic E-state index is -0.185. The summed E-state index contributed by atoms with van der Waals surface area (Å²) in [6.45, 7) is 2.30. The number of ether oxygens (including phenoxy) is 1. The number of hydrogen-bond acceptors (Lipinski definition) is 3. The molecule has 0 radical (unpaired) electrons. The van der Waals surface area contributed by atoms with Crippen LogP contribution in [0.25, 0.3) is 10.4 Å². The fourth-order valence-electron chi connectivity index (χ4n) is 3.54. The van der Waals surface area contributed by atoms with Crippen LogP contribution in [0.4, 0.5) is 5.69 Å². The SMILES string of the molecule is COc1ccc2c(c1)N(C)C(C)(c1ccccc1)c1ccsc1-2. The molecule has 3 aromatic rings. The zero-order valence-corrected chi connectivity index (χ0v) is 14.4. The molecule has 0 saturated carbocycles. The van der Waals surface area contributed by atoms with E-state index >= 15 is 0 Å². The Morgan fingerprint density at radius 1 is 1.04 bits per heavy atom. The molecule has 0 N–H and O–H groups in total. The van der Waals surface area contributed by atoms with E-state index in [1.165, 1.54) is 27.3 Å². The summed E-state index contributed by atoms with van der Waals surface area (Å²) in [6, 6.07) is 19.3. The average Bonchev–Trinajstić information content (AvgIpc) is 3.10. The molecule has 1 aliphatic rings. The van der Waals surface area contributed by atoms with Crippen LogP contribution in [0.3, 0.4) is 0 Å². The van der Waals surface area contributed by atoms with Gasteiger partial charge >= 0.3 is 0 Å². The molecule has 0 aliphatic carbocycles. The van der Waals surface area contributed by atoms with E-state index in [0.717, 1.165) is 5.75 Å². The first-order chi connectivity index (χ1) is 11.2. The van der Waals surface area contributed by atoms with Crippen molar-refractivity contribution in [1.29, 1.82) is 0 Å². The maximum atomic E-state index is 5.45. The third kappa shape index (κ3) is 1.93. The highest BCUT2D eigenvalue weighted by Gasteiger charge is 2.41. The standard InChI is InChI=1S/C20H19NOS/c1-20(14-7-5-4-6-8-14)17-11-12-23-19(17)16-10-9-15(22-3)13-18(16)21(20)2/h4-13H,1-3H3. The van der Waals surface area contributed by atoms with Gasteiger partial charge in [-0.25, -0.2) is 0 Å². The number of anilines is 1. The molecule has 0 bridgehead atoms. The molecule has 2 nitrogen and oxygen atoms in total. The Morgan fingerprint density at radius 3 is 2.57 bits per heavy atom. The lowest BCUT2D eigenvalue weighted by Gasteiger charge is -2.45. The Balaban J connectivity index is 2.00. The second-order valence-corrected chi connectivity index (χ2v) is 6.96. The highest BCUT2D eigenvalue weighted by molar-refractivity contribution is 7.13. The average molecular weight is 321 g/mol. The number of thiophene rings is 1. The Morgan fingerprint density at radius 2 is 1.83 bits per heavy atom. The second kappa shape index (κ2) is 5.14. The van der Waals surface area contributed by atoms with Gasteiger partial charge in [-0.05, 0) is 36.1 Å². The zero-order valence-electron chi connectivity index (χ0n) is 13.5. The molecule has 0 fully saturated rings. The quantitative estimate of drug-likeness (QED) is 0.648. The molecular weight excluding hydrogens is 302 g/mol. The predicted molar refractivity (Wildman–Crippen MR) is 97.6 cm³/mol. The summed E-state index contributed by atoms with van der Waals surface area (Å²) in [6.07, 6.45) is 0. The number of nitrogens with zero attached hydrogens (tertiary/aromatic N) is 1.